The molecule has 1 aliphatic rings. The van der Waals surface area contributed by atoms with Crippen LogP contribution < -0.4 is 5.73 Å². The number of ketones is 1. The lowest BCUT2D eigenvalue weighted by atomic mass is 10.0. The minimum Gasteiger partial charge on any atom is -0.452 e. The number of imidazole rings is 1. The summed E-state index contributed by atoms with van der Waals surface area (Å²) in [6.07, 6.45) is -4.00. The van der Waals surface area contributed by atoms with Gasteiger partial charge in [0.05, 0.1) is 6.33 Å². The SMILES string of the molecule is CC(=O)OC(C(C)=O)[C@H]1O[C@@H](n2cnc3c(N)ncnc32)[C@H](O)[C@@H]1O. The molecule has 0 saturated carbocycles. The van der Waals surface area contributed by atoms with E-state index in [0.29, 0.717) is 5.52 Å². The van der Waals surface area contributed by atoms with Crippen molar-refractivity contribution in [3.8, 4) is 0 Å². The molecule has 0 bridgehead atoms. The maximum absolute atomic E-state index is 11.8. The van der Waals surface area contributed by atoms with E-state index in [-0.39, 0.29) is 11.5 Å². The number of hydrogen-bond donors (Lipinski definition) is 3. The summed E-state index contributed by atoms with van der Waals surface area (Å²) in [4.78, 5) is 34.9. The molecule has 11 nitrogen and oxygen atoms in total. The summed E-state index contributed by atoms with van der Waals surface area (Å²) in [7, 11) is 0. The van der Waals surface area contributed by atoms with Crippen molar-refractivity contribution in [1.29, 1.82) is 0 Å². The molecule has 1 saturated heterocycles. The monoisotopic (exact) mass is 351 g/mol. The van der Waals surface area contributed by atoms with Crippen molar-refractivity contribution in [2.45, 2.75) is 44.5 Å². The topological polar surface area (TPSA) is 163 Å². The van der Waals surface area contributed by atoms with E-state index >= 15 is 0 Å². The zero-order valence-electron chi connectivity index (χ0n) is 13.4. The molecule has 0 aromatic carbocycles. The van der Waals surface area contributed by atoms with E-state index in [1.165, 1.54) is 24.1 Å². The Hall–Kier alpha value is -2.63. The summed E-state index contributed by atoms with van der Waals surface area (Å²) in [5.41, 5.74) is 6.31. The number of anilines is 1. The number of rotatable bonds is 4. The molecule has 0 amide bonds. The van der Waals surface area contributed by atoms with Gasteiger partial charge in [0, 0.05) is 6.92 Å². The van der Waals surface area contributed by atoms with Crippen LogP contribution in [0.5, 0.6) is 0 Å². The minimum atomic E-state index is -1.46. The van der Waals surface area contributed by atoms with E-state index in [0.717, 1.165) is 6.92 Å². The third-order valence-electron chi connectivity index (χ3n) is 3.93. The van der Waals surface area contributed by atoms with Crippen LogP contribution in [0.1, 0.15) is 20.1 Å². The van der Waals surface area contributed by atoms with Crippen LogP contribution in [0.25, 0.3) is 11.2 Å². The molecule has 4 N–H and O–H groups in total. The second kappa shape index (κ2) is 6.35. The molecule has 3 heterocycles. The molecule has 2 aromatic rings. The van der Waals surface area contributed by atoms with E-state index in [4.69, 9.17) is 15.2 Å². The second-order valence-electron chi connectivity index (χ2n) is 5.70. The van der Waals surface area contributed by atoms with Gasteiger partial charge in [-0.2, -0.15) is 0 Å². The van der Waals surface area contributed by atoms with Crippen molar-refractivity contribution >= 4 is 28.7 Å². The zero-order valence-corrected chi connectivity index (χ0v) is 13.4. The number of aliphatic hydroxyl groups is 2. The lowest BCUT2D eigenvalue weighted by molar-refractivity contribution is -0.166. The van der Waals surface area contributed by atoms with Gasteiger partial charge >= 0.3 is 5.97 Å². The number of esters is 1. The summed E-state index contributed by atoms with van der Waals surface area (Å²) in [5, 5.41) is 20.6. The van der Waals surface area contributed by atoms with Gasteiger partial charge < -0.3 is 25.4 Å². The Bertz CT molecular complexity index is 823. The molecular formula is C14H17N5O6. The van der Waals surface area contributed by atoms with E-state index in [1.54, 1.807) is 0 Å². The summed E-state index contributed by atoms with van der Waals surface area (Å²) < 4.78 is 11.9. The average Bonchev–Trinajstić information content (AvgIpc) is 3.09. The molecule has 5 atom stereocenters. The molecular weight excluding hydrogens is 334 g/mol. The summed E-state index contributed by atoms with van der Waals surface area (Å²) >= 11 is 0. The number of aliphatic hydroxyl groups excluding tert-OH is 2. The fourth-order valence-electron chi connectivity index (χ4n) is 2.78. The molecule has 1 fully saturated rings. The largest absolute Gasteiger partial charge is 0.452 e. The van der Waals surface area contributed by atoms with Crippen LogP contribution in [0.4, 0.5) is 5.82 Å². The fraction of sp³-hybridized carbons (Fsp3) is 0.500. The van der Waals surface area contributed by atoms with Crippen molar-refractivity contribution in [3.05, 3.63) is 12.7 Å². The second-order valence-corrected chi connectivity index (χ2v) is 5.70. The first-order valence-corrected chi connectivity index (χ1v) is 7.43. The van der Waals surface area contributed by atoms with Gasteiger partial charge in [-0.1, -0.05) is 0 Å². The zero-order chi connectivity index (χ0) is 18.3. The maximum Gasteiger partial charge on any atom is 0.303 e. The molecule has 0 spiro atoms. The van der Waals surface area contributed by atoms with Gasteiger partial charge in [-0.05, 0) is 6.92 Å². The lowest BCUT2D eigenvalue weighted by Gasteiger charge is -2.22. The number of hydrogen-bond acceptors (Lipinski definition) is 10. The van der Waals surface area contributed by atoms with E-state index in [9.17, 15) is 19.8 Å². The van der Waals surface area contributed by atoms with Crippen LogP contribution >= 0.6 is 0 Å². The molecule has 0 radical (unpaired) electrons. The van der Waals surface area contributed by atoms with E-state index in [2.05, 4.69) is 15.0 Å². The van der Waals surface area contributed by atoms with Crippen LogP contribution in [-0.2, 0) is 19.1 Å². The highest BCUT2D eigenvalue weighted by atomic mass is 16.6. The Kier molecular flexibility index (Phi) is 4.37. The van der Waals surface area contributed by atoms with Crippen LogP contribution in [0.3, 0.4) is 0 Å². The Morgan fingerprint density at radius 1 is 1.28 bits per heavy atom. The van der Waals surface area contributed by atoms with Crippen molar-refractivity contribution in [1.82, 2.24) is 19.5 Å². The first-order chi connectivity index (χ1) is 11.8. The van der Waals surface area contributed by atoms with Gasteiger partial charge in [-0.3, -0.25) is 14.2 Å². The molecule has 2 aromatic heterocycles. The Morgan fingerprint density at radius 2 is 2.00 bits per heavy atom. The number of Topliss-reactive ketones (excluding diaryl/α,β-unsaturated/α-hetero) is 1. The van der Waals surface area contributed by atoms with Gasteiger partial charge in [-0.25, -0.2) is 15.0 Å². The normalized spacial score (nSPS) is 27.4. The maximum atomic E-state index is 11.8. The Morgan fingerprint density at radius 3 is 2.64 bits per heavy atom. The van der Waals surface area contributed by atoms with Gasteiger partial charge in [-0.15, -0.1) is 0 Å². The predicted octanol–water partition coefficient (Wildman–Crippen LogP) is -1.45. The highest BCUT2D eigenvalue weighted by Crippen LogP contribution is 2.34. The number of ether oxygens (including phenoxy) is 2. The Labute approximate surface area is 141 Å². The molecule has 1 aliphatic heterocycles. The van der Waals surface area contributed by atoms with E-state index < -0.39 is 42.4 Å². The van der Waals surface area contributed by atoms with Gasteiger partial charge in [0.2, 0.25) is 0 Å². The third kappa shape index (κ3) is 2.92. The van der Waals surface area contributed by atoms with Crippen LogP contribution in [0.15, 0.2) is 12.7 Å². The summed E-state index contributed by atoms with van der Waals surface area (Å²) in [6, 6.07) is 0. The number of nitrogen functional groups attached to an aromatic ring is 1. The highest BCUT2D eigenvalue weighted by Gasteiger charge is 2.50. The van der Waals surface area contributed by atoms with Crippen molar-refractivity contribution < 1.29 is 29.3 Å². The number of nitrogens with zero attached hydrogens (tertiary/aromatic N) is 4. The quantitative estimate of drug-likeness (QED) is 0.555. The molecule has 134 valence electrons. The van der Waals surface area contributed by atoms with Crippen molar-refractivity contribution in [3.63, 3.8) is 0 Å². The van der Waals surface area contributed by atoms with Crippen LogP contribution in [0.2, 0.25) is 0 Å². The van der Waals surface area contributed by atoms with Crippen LogP contribution in [0, 0.1) is 0 Å². The molecule has 0 aliphatic carbocycles. The minimum absolute atomic E-state index is 0.148. The first kappa shape index (κ1) is 17.2. The standard InChI is InChI=1S/C14H17N5O6/c1-5(20)10(24-6(2)21)11-8(22)9(23)14(25-11)19-4-18-7-12(15)16-3-17-13(7)19/h3-4,8-11,14,22-23H,1-2H3,(H2,15,16,17)/t8-,9+,10?,11-,14+/m0/s1. The van der Waals surface area contributed by atoms with Gasteiger partial charge in [0.15, 0.2) is 29.6 Å². The lowest BCUT2D eigenvalue weighted by Crippen LogP contribution is -2.44. The number of aromatic nitrogens is 4. The smallest absolute Gasteiger partial charge is 0.303 e. The first-order valence-electron chi connectivity index (χ1n) is 7.43. The Balaban J connectivity index is 1.95. The van der Waals surface area contributed by atoms with Crippen molar-refractivity contribution in [2.24, 2.45) is 0 Å². The number of carbonyl (C=O) groups is 2. The molecule has 1 unspecified atom stereocenters. The highest BCUT2D eigenvalue weighted by molar-refractivity contribution is 5.84. The molecule has 25 heavy (non-hydrogen) atoms. The van der Waals surface area contributed by atoms with E-state index in [1.807, 2.05) is 0 Å². The van der Waals surface area contributed by atoms with Gasteiger partial charge in [0.1, 0.15) is 30.2 Å². The summed E-state index contributed by atoms with van der Waals surface area (Å²) in [5.74, 6) is -1.08. The number of nitrogens with two attached hydrogens (primary N) is 1. The van der Waals surface area contributed by atoms with Crippen molar-refractivity contribution in [2.75, 3.05) is 5.73 Å². The number of fused-ring (bicyclic) bond motifs is 1. The molecule has 3 rings (SSSR count). The summed E-state index contributed by atoms with van der Waals surface area (Å²) in [6.45, 7) is 2.33. The molecule has 11 heteroatoms. The van der Waals surface area contributed by atoms with Crippen LogP contribution in [-0.4, -0.2) is 65.9 Å². The average molecular weight is 351 g/mol. The third-order valence-corrected chi connectivity index (χ3v) is 3.93. The number of carbonyl (C=O) groups excluding carboxylic acids is 2. The fourth-order valence-corrected chi connectivity index (χ4v) is 2.78. The van der Waals surface area contributed by atoms with Gasteiger partial charge in [0.25, 0.3) is 0 Å². The predicted molar refractivity (Wildman–Crippen MR) is 81.9 cm³/mol.